The Kier molecular flexibility index (Phi) is 0.724. The smallest absolute Gasteiger partial charge is 0.183 e. The van der Waals surface area contributed by atoms with Gasteiger partial charge in [-0.15, -0.1) is 10.2 Å². The van der Waals surface area contributed by atoms with Gasteiger partial charge < -0.3 is 5.32 Å². The molecule has 0 spiro atoms. The lowest BCUT2D eigenvalue weighted by Crippen LogP contribution is -1.89. The number of nitrogens with one attached hydrogen (secondary N) is 2. The predicted octanol–water partition coefficient (Wildman–Crippen LogP) is 0.280. The van der Waals surface area contributed by atoms with Crippen molar-refractivity contribution in [1.82, 2.24) is 15.4 Å². The summed E-state index contributed by atoms with van der Waals surface area (Å²) >= 11 is 1.66. The summed E-state index contributed by atoms with van der Waals surface area (Å²) in [7, 11) is 0. The Morgan fingerprint density at radius 3 is 3.38 bits per heavy atom. The number of rotatable bonds is 0. The normalized spacial score (nSPS) is 15.5. The molecule has 8 heavy (non-hydrogen) atoms. The Labute approximate surface area is 50.0 Å². The van der Waals surface area contributed by atoms with Crippen molar-refractivity contribution in [1.29, 1.82) is 0 Å². The number of hydrogen-bond donors (Lipinski definition) is 2. The topological polar surface area (TPSA) is 53.6 Å². The highest BCUT2D eigenvalue weighted by Crippen LogP contribution is 2.27. The van der Waals surface area contributed by atoms with E-state index < -0.39 is 0 Å². The molecule has 0 bridgehead atoms. The van der Waals surface area contributed by atoms with Crippen LogP contribution < -0.4 is 5.32 Å². The average Bonchev–Trinajstić information content (AvgIpc) is 2.15. The Bertz CT molecular complexity index is 176. The minimum Gasteiger partial charge on any atom is -0.357 e. The van der Waals surface area contributed by atoms with Crippen molar-refractivity contribution in [2.24, 2.45) is 0 Å². The number of hydrogen-bond acceptors (Lipinski definition) is 4. The van der Waals surface area contributed by atoms with Crippen LogP contribution in [0.2, 0.25) is 0 Å². The maximum Gasteiger partial charge on any atom is 0.183 e. The van der Waals surface area contributed by atoms with E-state index in [1.165, 1.54) is 0 Å². The van der Waals surface area contributed by atoms with Crippen LogP contribution >= 0.6 is 11.8 Å². The Balaban J connectivity index is 2.54. The molecule has 4 nitrogen and oxygen atoms in total. The summed E-state index contributed by atoms with van der Waals surface area (Å²) in [6.07, 6.45) is 0. The van der Waals surface area contributed by atoms with Crippen LogP contribution in [0, 0.1) is 0 Å². The first-order chi connectivity index (χ1) is 3.97. The van der Waals surface area contributed by atoms with E-state index in [9.17, 15) is 0 Å². The third-order valence-electron chi connectivity index (χ3n) is 0.964. The van der Waals surface area contributed by atoms with Gasteiger partial charge in [0.2, 0.25) is 0 Å². The number of H-pyrrole nitrogens is 1. The average molecular weight is 128 g/mol. The third-order valence-corrected chi connectivity index (χ3v) is 1.81. The highest BCUT2D eigenvalue weighted by Gasteiger charge is 2.13. The molecule has 0 atom stereocenters. The fourth-order valence-electron chi connectivity index (χ4n) is 0.610. The van der Waals surface area contributed by atoms with Gasteiger partial charge in [-0.2, -0.15) is 5.21 Å². The van der Waals surface area contributed by atoms with Crippen LogP contribution in [0.1, 0.15) is 0 Å². The van der Waals surface area contributed by atoms with Gasteiger partial charge in [0.1, 0.15) is 0 Å². The second-order valence-corrected chi connectivity index (χ2v) is 2.41. The van der Waals surface area contributed by atoms with Crippen molar-refractivity contribution >= 4 is 17.6 Å². The second-order valence-electron chi connectivity index (χ2n) is 1.44. The molecule has 1 aromatic rings. The largest absolute Gasteiger partial charge is 0.357 e. The molecular formula is C3H4N4S. The van der Waals surface area contributed by atoms with Gasteiger partial charge in [-0.3, -0.25) is 0 Å². The molecule has 0 radical (unpaired) electrons. The molecule has 5 heteroatoms. The molecule has 0 amide bonds. The second kappa shape index (κ2) is 1.38. The fourth-order valence-corrected chi connectivity index (χ4v) is 1.32. The lowest BCUT2D eigenvalue weighted by Gasteiger charge is -1.82. The summed E-state index contributed by atoms with van der Waals surface area (Å²) in [6.45, 7) is 0. The quantitative estimate of drug-likeness (QED) is 0.527. The van der Waals surface area contributed by atoms with Crippen molar-refractivity contribution in [2.45, 2.75) is 5.03 Å². The van der Waals surface area contributed by atoms with E-state index in [2.05, 4.69) is 20.7 Å². The van der Waals surface area contributed by atoms with Crippen LogP contribution in [-0.2, 0) is 0 Å². The number of aromatic nitrogens is 3. The van der Waals surface area contributed by atoms with E-state index >= 15 is 0 Å². The Morgan fingerprint density at radius 2 is 2.50 bits per heavy atom. The SMILES string of the molecule is C1Nc2n[nH]nc2S1. The highest BCUT2D eigenvalue weighted by atomic mass is 32.2. The van der Waals surface area contributed by atoms with Crippen molar-refractivity contribution in [2.75, 3.05) is 11.2 Å². The van der Waals surface area contributed by atoms with Crippen LogP contribution in [0.5, 0.6) is 0 Å². The molecule has 2 heterocycles. The molecule has 0 aliphatic carbocycles. The first-order valence-electron chi connectivity index (χ1n) is 2.24. The summed E-state index contributed by atoms with van der Waals surface area (Å²) in [5.41, 5.74) is 0. The molecule has 0 saturated carbocycles. The van der Waals surface area contributed by atoms with E-state index in [0.717, 1.165) is 16.7 Å². The highest BCUT2D eigenvalue weighted by molar-refractivity contribution is 7.99. The summed E-state index contributed by atoms with van der Waals surface area (Å²) in [6, 6.07) is 0. The standard InChI is InChI=1S/C3H4N4S/c1-4-2-3(8-1)6-7-5-2/h1H2,(H2,4,5,6,7). The number of thioether (sulfide) groups is 1. The maximum atomic E-state index is 3.86. The zero-order valence-electron chi connectivity index (χ0n) is 4.01. The molecule has 42 valence electrons. The van der Waals surface area contributed by atoms with Crippen LogP contribution in [0.4, 0.5) is 5.82 Å². The summed E-state index contributed by atoms with van der Waals surface area (Å²) in [5.74, 6) is 1.79. The molecule has 0 aromatic carbocycles. The van der Waals surface area contributed by atoms with Gasteiger partial charge in [-0.05, 0) is 0 Å². The predicted molar refractivity (Wildman–Crippen MR) is 30.7 cm³/mol. The first kappa shape index (κ1) is 4.20. The van der Waals surface area contributed by atoms with Crippen LogP contribution in [0.3, 0.4) is 0 Å². The zero-order valence-corrected chi connectivity index (χ0v) is 4.83. The van der Waals surface area contributed by atoms with Crippen molar-refractivity contribution in [3.05, 3.63) is 0 Å². The van der Waals surface area contributed by atoms with Gasteiger partial charge in [-0.25, -0.2) is 0 Å². The first-order valence-corrected chi connectivity index (χ1v) is 3.23. The van der Waals surface area contributed by atoms with Crippen molar-refractivity contribution in [3.63, 3.8) is 0 Å². The Hall–Kier alpha value is -0.710. The number of fused-ring (bicyclic) bond motifs is 1. The fraction of sp³-hybridized carbons (Fsp3) is 0.333. The van der Waals surface area contributed by atoms with E-state index in [1.807, 2.05) is 0 Å². The molecule has 1 aliphatic rings. The van der Waals surface area contributed by atoms with Crippen LogP contribution in [-0.4, -0.2) is 21.3 Å². The van der Waals surface area contributed by atoms with Gasteiger partial charge in [0.15, 0.2) is 10.8 Å². The van der Waals surface area contributed by atoms with Crippen LogP contribution in [0.25, 0.3) is 0 Å². The summed E-state index contributed by atoms with van der Waals surface area (Å²) in [5, 5.41) is 14.2. The number of anilines is 1. The summed E-state index contributed by atoms with van der Waals surface area (Å²) < 4.78 is 0. The summed E-state index contributed by atoms with van der Waals surface area (Å²) in [4.78, 5) is 0. The van der Waals surface area contributed by atoms with E-state index in [0.29, 0.717) is 0 Å². The minimum absolute atomic E-state index is 0.884. The Morgan fingerprint density at radius 1 is 1.50 bits per heavy atom. The number of aromatic amines is 1. The molecule has 0 fully saturated rings. The minimum atomic E-state index is 0.884. The van der Waals surface area contributed by atoms with E-state index in [-0.39, 0.29) is 0 Å². The molecule has 0 saturated heterocycles. The monoisotopic (exact) mass is 128 g/mol. The third kappa shape index (κ3) is 0.416. The van der Waals surface area contributed by atoms with Gasteiger partial charge in [-0.1, -0.05) is 11.8 Å². The molecule has 2 rings (SSSR count). The molecule has 1 aliphatic heterocycles. The van der Waals surface area contributed by atoms with Crippen molar-refractivity contribution < 1.29 is 0 Å². The molecular weight excluding hydrogens is 124 g/mol. The lowest BCUT2D eigenvalue weighted by molar-refractivity contribution is 0.909. The van der Waals surface area contributed by atoms with Gasteiger partial charge >= 0.3 is 0 Å². The van der Waals surface area contributed by atoms with E-state index in [1.54, 1.807) is 11.8 Å². The zero-order chi connectivity index (χ0) is 5.40. The van der Waals surface area contributed by atoms with Crippen molar-refractivity contribution in [3.8, 4) is 0 Å². The van der Waals surface area contributed by atoms with E-state index in [4.69, 9.17) is 0 Å². The lowest BCUT2D eigenvalue weighted by atomic mass is 10.8. The maximum absolute atomic E-state index is 3.86. The molecule has 2 N–H and O–H groups in total. The van der Waals surface area contributed by atoms with Gasteiger partial charge in [0, 0.05) is 0 Å². The van der Waals surface area contributed by atoms with Crippen LogP contribution in [0.15, 0.2) is 5.03 Å². The van der Waals surface area contributed by atoms with Gasteiger partial charge in [0.25, 0.3) is 0 Å². The molecule has 1 aromatic heterocycles. The van der Waals surface area contributed by atoms with Gasteiger partial charge in [0.05, 0.1) is 5.88 Å². The number of nitrogens with zero attached hydrogens (tertiary/aromatic N) is 2. The molecule has 0 unspecified atom stereocenters.